The van der Waals surface area contributed by atoms with Gasteiger partial charge >= 0.3 is 0 Å². The zero-order chi connectivity index (χ0) is 13.8. The second-order valence-corrected chi connectivity index (χ2v) is 7.60. The van der Waals surface area contributed by atoms with Crippen LogP contribution in [0.5, 0.6) is 0 Å². The molecule has 0 aromatic heterocycles. The first kappa shape index (κ1) is 15.9. The Labute approximate surface area is 111 Å². The van der Waals surface area contributed by atoms with Crippen LogP contribution in [-0.4, -0.2) is 38.4 Å². The molecule has 108 valence electrons. The van der Waals surface area contributed by atoms with Gasteiger partial charge in [0.2, 0.25) is 0 Å². The van der Waals surface area contributed by atoms with Gasteiger partial charge in [0.1, 0.15) is 0 Å². The first-order valence-corrected chi connectivity index (χ1v) is 8.25. The van der Waals surface area contributed by atoms with Crippen molar-refractivity contribution >= 4 is 10.2 Å². The van der Waals surface area contributed by atoms with Crippen molar-refractivity contribution in [1.29, 1.82) is 0 Å². The lowest BCUT2D eigenvalue weighted by Gasteiger charge is -2.30. The molecule has 1 aliphatic heterocycles. The molecule has 1 fully saturated rings. The van der Waals surface area contributed by atoms with Crippen molar-refractivity contribution in [2.45, 2.75) is 46.1 Å². The van der Waals surface area contributed by atoms with Gasteiger partial charge in [-0.3, -0.25) is 0 Å². The Morgan fingerprint density at radius 1 is 1.44 bits per heavy atom. The highest BCUT2D eigenvalue weighted by atomic mass is 32.2. The average molecular weight is 277 g/mol. The number of nitrogens with one attached hydrogen (secondary N) is 1. The van der Waals surface area contributed by atoms with Gasteiger partial charge in [-0.15, -0.1) is 0 Å². The van der Waals surface area contributed by atoms with Crippen LogP contribution in [0.25, 0.3) is 0 Å². The van der Waals surface area contributed by atoms with Crippen molar-refractivity contribution in [3.05, 3.63) is 0 Å². The fraction of sp³-hybridized carbons (Fsp3) is 1.00. The van der Waals surface area contributed by atoms with Crippen LogP contribution in [-0.2, 0) is 10.2 Å². The molecule has 0 amide bonds. The monoisotopic (exact) mass is 277 g/mol. The summed E-state index contributed by atoms with van der Waals surface area (Å²) in [4.78, 5) is 0. The molecule has 5 nitrogen and oxygen atoms in total. The van der Waals surface area contributed by atoms with E-state index < -0.39 is 10.2 Å². The summed E-state index contributed by atoms with van der Waals surface area (Å²) in [6.07, 6.45) is 2.89. The molecule has 1 rings (SSSR count). The summed E-state index contributed by atoms with van der Waals surface area (Å²) < 4.78 is 28.3. The van der Waals surface area contributed by atoms with Crippen LogP contribution in [0.1, 0.15) is 40.0 Å². The van der Waals surface area contributed by atoms with Gasteiger partial charge in [-0.25, -0.2) is 4.72 Å². The minimum atomic E-state index is -3.34. The molecule has 3 N–H and O–H groups in total. The highest BCUT2D eigenvalue weighted by molar-refractivity contribution is 7.87. The molecule has 18 heavy (non-hydrogen) atoms. The fourth-order valence-corrected chi connectivity index (χ4v) is 3.78. The summed E-state index contributed by atoms with van der Waals surface area (Å²) in [5, 5.41) is 0. The van der Waals surface area contributed by atoms with Crippen molar-refractivity contribution in [2.24, 2.45) is 17.6 Å². The van der Waals surface area contributed by atoms with Crippen molar-refractivity contribution < 1.29 is 8.42 Å². The molecule has 1 aliphatic rings. The molecule has 0 aliphatic carbocycles. The van der Waals surface area contributed by atoms with Gasteiger partial charge < -0.3 is 5.73 Å². The molecule has 0 aromatic rings. The molecule has 0 radical (unpaired) electrons. The van der Waals surface area contributed by atoms with Gasteiger partial charge in [0.25, 0.3) is 10.2 Å². The average Bonchev–Trinajstić information content (AvgIpc) is 2.26. The maximum absolute atomic E-state index is 12.1. The van der Waals surface area contributed by atoms with E-state index >= 15 is 0 Å². The van der Waals surface area contributed by atoms with E-state index in [1.165, 1.54) is 0 Å². The molecule has 1 saturated heterocycles. The summed E-state index contributed by atoms with van der Waals surface area (Å²) in [6, 6.07) is -0.109. The molecule has 1 heterocycles. The summed E-state index contributed by atoms with van der Waals surface area (Å²) in [5.74, 6) is 0.930. The van der Waals surface area contributed by atoms with Crippen LogP contribution in [0, 0.1) is 11.8 Å². The van der Waals surface area contributed by atoms with Crippen LogP contribution < -0.4 is 10.5 Å². The summed E-state index contributed by atoms with van der Waals surface area (Å²) >= 11 is 0. The van der Waals surface area contributed by atoms with Crippen molar-refractivity contribution in [2.75, 3.05) is 19.6 Å². The van der Waals surface area contributed by atoms with Gasteiger partial charge in [-0.1, -0.05) is 20.8 Å². The number of piperidine rings is 1. The van der Waals surface area contributed by atoms with E-state index in [1.54, 1.807) is 4.31 Å². The lowest BCUT2D eigenvalue weighted by atomic mass is 10.0. The molecule has 6 heteroatoms. The normalized spacial score (nSPS) is 24.4. The molecular formula is C12H27N3O2S. The predicted molar refractivity (Wildman–Crippen MR) is 74.3 cm³/mol. The topological polar surface area (TPSA) is 75.4 Å². The van der Waals surface area contributed by atoms with Gasteiger partial charge in [0.15, 0.2) is 0 Å². The SMILES string of the molecule is CC(C)CC(N)CNS(=O)(=O)N1CCCC(C)C1. The van der Waals surface area contributed by atoms with Crippen LogP contribution in [0.15, 0.2) is 0 Å². The van der Waals surface area contributed by atoms with Crippen LogP contribution in [0.3, 0.4) is 0 Å². The molecule has 0 saturated carbocycles. The zero-order valence-corrected chi connectivity index (χ0v) is 12.5. The van der Waals surface area contributed by atoms with Gasteiger partial charge in [-0.2, -0.15) is 12.7 Å². The molecule has 0 spiro atoms. The maximum atomic E-state index is 12.1. The molecule has 2 unspecified atom stereocenters. The van der Waals surface area contributed by atoms with E-state index in [2.05, 4.69) is 25.5 Å². The Kier molecular flexibility index (Phi) is 6.04. The predicted octanol–water partition coefficient (Wildman–Crippen LogP) is 0.926. The minimum Gasteiger partial charge on any atom is -0.327 e. The van der Waals surface area contributed by atoms with Gasteiger partial charge in [-0.05, 0) is 31.1 Å². The van der Waals surface area contributed by atoms with Crippen molar-refractivity contribution in [1.82, 2.24) is 9.03 Å². The lowest BCUT2D eigenvalue weighted by molar-refractivity contribution is 0.277. The second kappa shape index (κ2) is 6.84. The molecule has 0 bridgehead atoms. The van der Waals surface area contributed by atoms with E-state index in [1.807, 2.05) is 0 Å². The Balaban J connectivity index is 2.44. The Hall–Kier alpha value is -0.170. The van der Waals surface area contributed by atoms with E-state index in [0.717, 1.165) is 19.3 Å². The van der Waals surface area contributed by atoms with E-state index in [-0.39, 0.29) is 6.04 Å². The third kappa shape index (κ3) is 5.22. The molecular weight excluding hydrogens is 250 g/mol. The van der Waals surface area contributed by atoms with Crippen LogP contribution >= 0.6 is 0 Å². The fourth-order valence-electron chi connectivity index (χ4n) is 2.36. The smallest absolute Gasteiger partial charge is 0.279 e. The largest absolute Gasteiger partial charge is 0.327 e. The molecule has 0 aromatic carbocycles. The summed E-state index contributed by atoms with van der Waals surface area (Å²) in [7, 11) is -3.34. The Bertz CT molecular complexity index is 343. The second-order valence-electron chi connectivity index (χ2n) is 5.85. The summed E-state index contributed by atoms with van der Waals surface area (Å²) in [5.41, 5.74) is 5.89. The van der Waals surface area contributed by atoms with Gasteiger partial charge in [0, 0.05) is 25.7 Å². The Morgan fingerprint density at radius 2 is 2.11 bits per heavy atom. The van der Waals surface area contributed by atoms with Crippen LogP contribution in [0.4, 0.5) is 0 Å². The number of nitrogens with zero attached hydrogens (tertiary/aromatic N) is 1. The van der Waals surface area contributed by atoms with E-state index in [0.29, 0.717) is 31.5 Å². The van der Waals surface area contributed by atoms with Gasteiger partial charge in [0.05, 0.1) is 0 Å². The van der Waals surface area contributed by atoms with E-state index in [9.17, 15) is 8.42 Å². The standard InChI is InChI=1S/C12H27N3O2S/c1-10(2)7-12(13)8-14-18(16,17)15-6-4-5-11(3)9-15/h10-12,14H,4-9,13H2,1-3H3. The number of nitrogens with two attached hydrogens (primary N) is 1. The lowest BCUT2D eigenvalue weighted by Crippen LogP contribution is -2.48. The number of rotatable bonds is 6. The zero-order valence-electron chi connectivity index (χ0n) is 11.7. The summed E-state index contributed by atoms with van der Waals surface area (Å²) in [6.45, 7) is 7.83. The minimum absolute atomic E-state index is 0.109. The number of hydrogen-bond acceptors (Lipinski definition) is 3. The van der Waals surface area contributed by atoms with Crippen LogP contribution in [0.2, 0.25) is 0 Å². The third-order valence-corrected chi connectivity index (χ3v) is 4.80. The van der Waals surface area contributed by atoms with E-state index in [4.69, 9.17) is 5.73 Å². The number of hydrogen-bond donors (Lipinski definition) is 2. The first-order chi connectivity index (χ1) is 8.31. The Morgan fingerprint density at radius 3 is 2.67 bits per heavy atom. The highest BCUT2D eigenvalue weighted by Crippen LogP contribution is 2.17. The highest BCUT2D eigenvalue weighted by Gasteiger charge is 2.26. The van der Waals surface area contributed by atoms with Crippen molar-refractivity contribution in [3.8, 4) is 0 Å². The maximum Gasteiger partial charge on any atom is 0.279 e. The molecule has 2 atom stereocenters. The first-order valence-electron chi connectivity index (χ1n) is 6.81. The third-order valence-electron chi connectivity index (χ3n) is 3.26. The van der Waals surface area contributed by atoms with Crippen molar-refractivity contribution in [3.63, 3.8) is 0 Å². The quantitative estimate of drug-likeness (QED) is 0.758.